The maximum atomic E-state index is 10.7. The van der Waals surface area contributed by atoms with Crippen molar-refractivity contribution >= 4 is 0 Å². The van der Waals surface area contributed by atoms with E-state index in [1.54, 1.807) is 0 Å². The Hall–Kier alpha value is 1.28. The van der Waals surface area contributed by atoms with Crippen LogP contribution in [0.2, 0.25) is 0 Å². The summed E-state index contributed by atoms with van der Waals surface area (Å²) in [5.74, 6) is 0. The maximum Gasteiger partial charge on any atom is 1.00 e. The van der Waals surface area contributed by atoms with E-state index in [0.717, 1.165) is 0 Å². The molecule has 2 aliphatic heterocycles. The van der Waals surface area contributed by atoms with Gasteiger partial charge < -0.3 is 45.2 Å². The Balaban J connectivity index is 0.000000385. The van der Waals surface area contributed by atoms with E-state index in [4.69, 9.17) is 35.4 Å². The molecule has 0 aromatic rings. The second-order valence-electron chi connectivity index (χ2n) is 5.02. The average molecular weight is 350 g/mol. The predicted molar refractivity (Wildman–Crippen MR) is 65.8 cm³/mol. The van der Waals surface area contributed by atoms with Crippen molar-refractivity contribution < 1.29 is 96.6 Å². The Morgan fingerprint density at radius 1 is 0.909 bits per heavy atom. The molecule has 2 rings (SSSR count). The van der Waals surface area contributed by atoms with Gasteiger partial charge in [-0.15, -0.1) is 0 Å². The zero-order valence-electron chi connectivity index (χ0n) is 12.5. The molecule has 22 heavy (non-hydrogen) atoms. The van der Waals surface area contributed by atoms with Crippen molar-refractivity contribution in [2.24, 2.45) is 0 Å². The fourth-order valence-corrected chi connectivity index (χ4v) is 2.08. The summed E-state index contributed by atoms with van der Waals surface area (Å²) >= 11 is 0. The first-order valence-corrected chi connectivity index (χ1v) is 6.77. The fourth-order valence-electron chi connectivity index (χ4n) is 2.08. The minimum absolute atomic E-state index is 0. The summed E-state index contributed by atoms with van der Waals surface area (Å²) in [4.78, 5) is 0. The monoisotopic (exact) mass is 350 g/mol. The van der Waals surface area contributed by atoms with Crippen molar-refractivity contribution in [3.05, 3.63) is 0 Å². The third kappa shape index (κ3) is 7.03. The molecule has 0 amide bonds. The molecule has 126 valence electrons. The van der Waals surface area contributed by atoms with E-state index in [-0.39, 0.29) is 64.4 Å². The molecule has 0 bridgehead atoms. The Kier molecular flexibility index (Phi) is 12.4. The molecule has 0 spiro atoms. The molecule has 2 saturated heterocycles. The van der Waals surface area contributed by atoms with E-state index in [1.807, 2.05) is 0 Å². The summed E-state index contributed by atoms with van der Waals surface area (Å²) < 4.78 is 9.55. The molecule has 2 heterocycles. The molecular weight excluding hydrogens is 327 g/mol. The summed E-state index contributed by atoms with van der Waals surface area (Å²) in [5, 5.41) is 64.0. The summed E-state index contributed by atoms with van der Waals surface area (Å²) in [6.45, 7) is -0.279. The largest absolute Gasteiger partial charge is 1.00 e. The van der Waals surface area contributed by atoms with Gasteiger partial charge in [-0.25, -0.2) is 0 Å². The van der Waals surface area contributed by atoms with E-state index < -0.39 is 49.5 Å². The van der Waals surface area contributed by atoms with Crippen LogP contribution >= 0.6 is 0 Å². The molecule has 0 saturated carbocycles. The number of hydrogen-bond acceptors (Lipinski definition) is 9. The van der Waals surface area contributed by atoms with Gasteiger partial charge in [0.1, 0.15) is 24.4 Å². The normalized spacial score (nSPS) is 41.9. The minimum atomic E-state index is -1.34. The number of ether oxygens (including phenoxy) is 2. The third-order valence-electron chi connectivity index (χ3n) is 3.42. The number of aliphatic hydroxyl groups is 6. The Morgan fingerprint density at radius 3 is 1.95 bits per heavy atom. The van der Waals surface area contributed by atoms with Gasteiger partial charge in [0.05, 0.1) is 25.4 Å². The molecular formula is C12H23KO9. The first-order valence-electron chi connectivity index (χ1n) is 6.77. The Labute approximate surface area is 170 Å². The van der Waals surface area contributed by atoms with Crippen molar-refractivity contribution in [3.63, 3.8) is 0 Å². The van der Waals surface area contributed by atoms with Crippen LogP contribution in [0, 0.1) is 0 Å². The summed E-state index contributed by atoms with van der Waals surface area (Å²) in [6.07, 6.45) is -6.48. The molecule has 10 heteroatoms. The molecule has 0 aromatic carbocycles. The number of rotatable bonds is 2. The van der Waals surface area contributed by atoms with Gasteiger partial charge in [-0.2, -0.15) is 0 Å². The first-order chi connectivity index (χ1) is 9.90. The van der Waals surface area contributed by atoms with Crippen LogP contribution in [0.1, 0.15) is 12.8 Å². The molecule has 0 aliphatic carbocycles. The molecule has 2 aliphatic rings. The number of aliphatic hydroxyl groups excluding tert-OH is 6. The van der Waals surface area contributed by atoms with Gasteiger partial charge in [-0.1, -0.05) is 0 Å². The third-order valence-corrected chi connectivity index (χ3v) is 3.42. The van der Waals surface area contributed by atoms with E-state index in [2.05, 4.69) is 4.74 Å². The van der Waals surface area contributed by atoms with Gasteiger partial charge in [0.25, 0.3) is 0 Å². The van der Waals surface area contributed by atoms with Gasteiger partial charge in [-0.3, -0.25) is 0 Å². The van der Waals surface area contributed by atoms with Crippen LogP contribution in [0.5, 0.6) is 0 Å². The molecule has 3 unspecified atom stereocenters. The molecule has 0 aromatic heterocycles. The second-order valence-corrected chi connectivity index (χ2v) is 5.02. The molecule has 7 atom stereocenters. The quantitative estimate of drug-likeness (QED) is 0.266. The van der Waals surface area contributed by atoms with Crippen molar-refractivity contribution in [1.29, 1.82) is 0 Å². The van der Waals surface area contributed by atoms with Gasteiger partial charge in [0, 0.05) is 6.61 Å². The van der Waals surface area contributed by atoms with Crippen molar-refractivity contribution in [2.45, 2.75) is 55.8 Å². The smallest absolute Gasteiger partial charge is 0.831 e. The van der Waals surface area contributed by atoms with Gasteiger partial charge in [0.2, 0.25) is 0 Å². The Bertz CT molecular complexity index is 296. The van der Waals surface area contributed by atoms with E-state index in [9.17, 15) is 5.11 Å². The topological polar surface area (TPSA) is 163 Å². The average Bonchev–Trinajstić information content (AvgIpc) is 2.46. The summed E-state index contributed by atoms with van der Waals surface area (Å²) in [7, 11) is 0. The summed E-state index contributed by atoms with van der Waals surface area (Å²) in [5.41, 5.74) is 0. The maximum absolute atomic E-state index is 10.7. The van der Waals surface area contributed by atoms with Crippen LogP contribution in [-0.4, -0.2) is 93.4 Å². The van der Waals surface area contributed by atoms with E-state index in [0.29, 0.717) is 13.0 Å². The van der Waals surface area contributed by atoms with E-state index in [1.165, 1.54) is 0 Å². The van der Waals surface area contributed by atoms with Crippen molar-refractivity contribution in [2.75, 3.05) is 19.8 Å². The molecule has 0 radical (unpaired) electrons. The Morgan fingerprint density at radius 2 is 1.45 bits per heavy atom. The molecule has 2 fully saturated rings. The zero-order valence-corrected chi connectivity index (χ0v) is 15.6. The van der Waals surface area contributed by atoms with Crippen LogP contribution in [0.15, 0.2) is 0 Å². The molecule has 6 N–H and O–H groups in total. The fraction of sp³-hybridized carbons (Fsp3) is 1.00. The van der Waals surface area contributed by atoms with Crippen LogP contribution in [0.3, 0.4) is 0 Å². The minimum Gasteiger partial charge on any atom is -0.831 e. The standard InChI is InChI=1S/C6H11O5.C6H12O4.K/c7-2-4-6(10)3(8)1-5(9)11-4;7-3-5-6(9)4(8)1-2-10-5;/h3-8,10H,1-2H2;4-9H,1-3H2;/q-1;;+1/t3?,4-,5+,6+;4?,5-,6?;/m11./s1. The van der Waals surface area contributed by atoms with Crippen LogP contribution in [-0.2, 0) is 9.47 Å². The van der Waals surface area contributed by atoms with E-state index >= 15 is 0 Å². The van der Waals surface area contributed by atoms with Crippen LogP contribution in [0.25, 0.3) is 0 Å². The SMILES string of the molecule is OC[C@H]1OCCC(O)C1O.[K+].[O-][C@@H]1CC(O)[C@H](O)[C@@H](CO)O1. The van der Waals surface area contributed by atoms with Gasteiger partial charge in [-0.05, 0) is 19.1 Å². The zero-order chi connectivity index (χ0) is 16.0. The van der Waals surface area contributed by atoms with Crippen LogP contribution < -0.4 is 56.5 Å². The van der Waals surface area contributed by atoms with Gasteiger partial charge in [0.15, 0.2) is 0 Å². The van der Waals surface area contributed by atoms with Crippen molar-refractivity contribution in [1.82, 2.24) is 0 Å². The van der Waals surface area contributed by atoms with Crippen LogP contribution in [0.4, 0.5) is 0 Å². The second kappa shape index (κ2) is 11.8. The summed E-state index contributed by atoms with van der Waals surface area (Å²) in [6, 6.07) is 0. The molecule has 9 nitrogen and oxygen atoms in total. The van der Waals surface area contributed by atoms with Gasteiger partial charge >= 0.3 is 51.4 Å². The van der Waals surface area contributed by atoms with Crippen molar-refractivity contribution in [3.8, 4) is 0 Å². The number of hydrogen-bond donors (Lipinski definition) is 6. The predicted octanol–water partition coefficient (Wildman–Crippen LogP) is -7.33. The first kappa shape index (κ1) is 23.3.